The van der Waals surface area contributed by atoms with E-state index in [0.29, 0.717) is 17.1 Å². The van der Waals surface area contributed by atoms with Gasteiger partial charge in [0.2, 0.25) is 0 Å². The molecule has 2 heterocycles. The van der Waals surface area contributed by atoms with E-state index in [1.54, 1.807) is 24.3 Å². The number of hydrogen-bond donors (Lipinski definition) is 0. The highest BCUT2D eigenvalue weighted by atomic mass is 35.5. The van der Waals surface area contributed by atoms with Crippen molar-refractivity contribution < 1.29 is 23.3 Å². The van der Waals surface area contributed by atoms with Gasteiger partial charge in [-0.3, -0.25) is 19.7 Å². The Hall–Kier alpha value is -3.43. The van der Waals surface area contributed by atoms with Crippen LogP contribution in [-0.2, 0) is 4.79 Å². The van der Waals surface area contributed by atoms with Crippen LogP contribution in [-0.4, -0.2) is 16.1 Å². The zero-order valence-electron chi connectivity index (χ0n) is 14.9. The number of furan rings is 1. The van der Waals surface area contributed by atoms with E-state index >= 15 is 0 Å². The Bertz CT molecular complexity index is 1220. The highest BCUT2D eigenvalue weighted by molar-refractivity contribution is 8.19. The average molecular weight is 445 g/mol. The number of hydrogen-bond acceptors (Lipinski definition) is 6. The molecule has 0 saturated carbocycles. The van der Waals surface area contributed by atoms with Crippen molar-refractivity contribution in [1.82, 2.24) is 0 Å². The quantitative estimate of drug-likeness (QED) is 0.283. The van der Waals surface area contributed by atoms with Crippen LogP contribution in [0.2, 0.25) is 5.02 Å². The molecule has 0 atom stereocenters. The Labute approximate surface area is 177 Å². The molecular formula is C20H10ClFN2O5S. The van der Waals surface area contributed by atoms with Gasteiger partial charge in [-0.25, -0.2) is 9.29 Å². The third kappa shape index (κ3) is 3.72. The first-order chi connectivity index (χ1) is 14.3. The molecule has 1 aromatic heterocycles. The molecular weight excluding hydrogens is 435 g/mol. The third-order valence-corrected chi connectivity index (χ3v) is 5.38. The largest absolute Gasteiger partial charge is 0.457 e. The van der Waals surface area contributed by atoms with Gasteiger partial charge in [0.15, 0.2) is 0 Å². The maximum absolute atomic E-state index is 13.4. The highest BCUT2D eigenvalue weighted by Gasteiger charge is 2.36. The van der Waals surface area contributed by atoms with E-state index in [9.17, 15) is 24.1 Å². The number of carbonyl (C=O) groups excluding carboxylic acids is 2. The lowest BCUT2D eigenvalue weighted by Gasteiger charge is -2.12. The predicted octanol–water partition coefficient (Wildman–Crippen LogP) is 5.89. The number of nitro benzene ring substituents is 1. The summed E-state index contributed by atoms with van der Waals surface area (Å²) in [6.45, 7) is 0. The number of rotatable bonds is 4. The van der Waals surface area contributed by atoms with Gasteiger partial charge in [-0.15, -0.1) is 0 Å². The summed E-state index contributed by atoms with van der Waals surface area (Å²) < 4.78 is 19.0. The first-order valence-corrected chi connectivity index (χ1v) is 9.60. The second-order valence-corrected chi connectivity index (χ2v) is 7.52. The summed E-state index contributed by atoms with van der Waals surface area (Å²) in [5, 5.41) is 10.0. The number of anilines is 1. The van der Waals surface area contributed by atoms with Crippen LogP contribution < -0.4 is 4.90 Å². The van der Waals surface area contributed by atoms with Crippen molar-refractivity contribution in [3.05, 3.63) is 86.2 Å². The number of nitrogens with zero attached hydrogens (tertiary/aromatic N) is 2. The van der Waals surface area contributed by atoms with Crippen molar-refractivity contribution in [3.8, 4) is 11.3 Å². The molecule has 1 aliphatic rings. The van der Waals surface area contributed by atoms with E-state index in [2.05, 4.69) is 0 Å². The van der Waals surface area contributed by atoms with Crippen molar-refractivity contribution in [2.75, 3.05) is 4.90 Å². The van der Waals surface area contributed by atoms with E-state index in [1.165, 1.54) is 30.3 Å². The monoisotopic (exact) mass is 444 g/mol. The van der Waals surface area contributed by atoms with Gasteiger partial charge in [0, 0.05) is 23.8 Å². The zero-order valence-corrected chi connectivity index (χ0v) is 16.4. The van der Waals surface area contributed by atoms with Gasteiger partial charge in [-0.1, -0.05) is 11.6 Å². The van der Waals surface area contributed by atoms with Crippen molar-refractivity contribution in [1.29, 1.82) is 0 Å². The number of amides is 2. The fourth-order valence-electron chi connectivity index (χ4n) is 2.78. The van der Waals surface area contributed by atoms with Gasteiger partial charge in [0.1, 0.15) is 17.3 Å². The van der Waals surface area contributed by atoms with Crippen LogP contribution in [0.25, 0.3) is 17.4 Å². The smallest absolute Gasteiger partial charge is 0.298 e. The van der Waals surface area contributed by atoms with Crippen LogP contribution in [0.3, 0.4) is 0 Å². The van der Waals surface area contributed by atoms with Gasteiger partial charge in [0.25, 0.3) is 16.8 Å². The maximum atomic E-state index is 13.4. The van der Waals surface area contributed by atoms with Crippen LogP contribution in [0.5, 0.6) is 0 Å². The Morgan fingerprint density at radius 1 is 1.10 bits per heavy atom. The SMILES string of the molecule is O=C1S/C(=C/c2ccc(-c3ccc([N+](=O)[O-])cc3)o2)C(=O)N1c1ccc(F)c(Cl)c1. The Morgan fingerprint density at radius 3 is 2.50 bits per heavy atom. The summed E-state index contributed by atoms with van der Waals surface area (Å²) in [5.74, 6) is -0.468. The van der Waals surface area contributed by atoms with Crippen molar-refractivity contribution in [3.63, 3.8) is 0 Å². The molecule has 0 N–H and O–H groups in total. The zero-order chi connectivity index (χ0) is 21.4. The van der Waals surface area contributed by atoms with E-state index in [0.717, 1.165) is 22.7 Å². The minimum atomic E-state index is -0.655. The van der Waals surface area contributed by atoms with Gasteiger partial charge in [-0.2, -0.15) is 0 Å². The number of halogens is 2. The number of carbonyl (C=O) groups is 2. The van der Waals surface area contributed by atoms with Gasteiger partial charge in [-0.05, 0) is 54.2 Å². The summed E-state index contributed by atoms with van der Waals surface area (Å²) >= 11 is 6.46. The molecule has 0 aliphatic carbocycles. The molecule has 0 radical (unpaired) electrons. The first kappa shape index (κ1) is 19.9. The normalized spacial score (nSPS) is 15.3. The van der Waals surface area contributed by atoms with Crippen LogP contribution in [0.1, 0.15) is 5.76 Å². The summed E-state index contributed by atoms with van der Waals surface area (Å²) in [7, 11) is 0. The summed E-state index contributed by atoms with van der Waals surface area (Å²) in [4.78, 5) is 36.3. The topological polar surface area (TPSA) is 93.7 Å². The molecule has 30 heavy (non-hydrogen) atoms. The van der Waals surface area contributed by atoms with Gasteiger partial charge in [0.05, 0.1) is 20.5 Å². The highest BCUT2D eigenvalue weighted by Crippen LogP contribution is 2.37. The molecule has 3 aromatic rings. The predicted molar refractivity (Wildman–Crippen MR) is 111 cm³/mol. The molecule has 7 nitrogen and oxygen atoms in total. The van der Waals surface area contributed by atoms with Crippen LogP contribution in [0.4, 0.5) is 20.6 Å². The third-order valence-electron chi connectivity index (χ3n) is 4.22. The molecule has 0 unspecified atom stereocenters. The van der Waals surface area contributed by atoms with Crippen molar-refractivity contribution >= 4 is 52.0 Å². The molecule has 10 heteroatoms. The Kier molecular flexibility index (Phi) is 5.15. The Balaban J connectivity index is 1.58. The second-order valence-electron chi connectivity index (χ2n) is 6.12. The lowest BCUT2D eigenvalue weighted by Crippen LogP contribution is -2.27. The number of nitro groups is 1. The van der Waals surface area contributed by atoms with Crippen molar-refractivity contribution in [2.24, 2.45) is 0 Å². The van der Waals surface area contributed by atoms with Crippen LogP contribution in [0, 0.1) is 15.9 Å². The molecule has 1 fully saturated rings. The average Bonchev–Trinajstić information content (AvgIpc) is 3.29. The number of imide groups is 1. The number of benzene rings is 2. The van der Waals surface area contributed by atoms with E-state index < -0.39 is 21.9 Å². The van der Waals surface area contributed by atoms with Gasteiger partial charge >= 0.3 is 0 Å². The molecule has 1 saturated heterocycles. The number of thioether (sulfide) groups is 1. The molecule has 2 aromatic carbocycles. The maximum Gasteiger partial charge on any atom is 0.298 e. The van der Waals surface area contributed by atoms with Gasteiger partial charge < -0.3 is 4.42 Å². The van der Waals surface area contributed by atoms with E-state index in [4.69, 9.17) is 16.0 Å². The minimum absolute atomic E-state index is 0.0416. The summed E-state index contributed by atoms with van der Waals surface area (Å²) in [6.07, 6.45) is 1.42. The molecule has 2 amide bonds. The fraction of sp³-hybridized carbons (Fsp3) is 0. The minimum Gasteiger partial charge on any atom is -0.457 e. The lowest BCUT2D eigenvalue weighted by atomic mass is 10.1. The molecule has 0 bridgehead atoms. The lowest BCUT2D eigenvalue weighted by molar-refractivity contribution is -0.384. The second kappa shape index (κ2) is 7.77. The van der Waals surface area contributed by atoms with E-state index in [-0.39, 0.29) is 21.3 Å². The molecule has 4 rings (SSSR count). The van der Waals surface area contributed by atoms with E-state index in [1.807, 2.05) is 0 Å². The standard InChI is InChI=1S/C20H10ClFN2O5S/c21-15-9-13(5-7-16(15)22)23-19(25)18(30-20(23)26)10-14-6-8-17(29-14)11-1-3-12(4-2-11)24(27)28/h1-10H/b18-10+. The molecule has 150 valence electrons. The summed E-state index contributed by atoms with van der Waals surface area (Å²) in [5.41, 5.74) is 0.743. The molecule has 0 spiro atoms. The summed E-state index contributed by atoms with van der Waals surface area (Å²) in [6, 6.07) is 12.6. The van der Waals surface area contributed by atoms with Crippen molar-refractivity contribution in [2.45, 2.75) is 0 Å². The first-order valence-electron chi connectivity index (χ1n) is 8.41. The molecule has 1 aliphatic heterocycles. The number of non-ortho nitro benzene ring substituents is 1. The van der Waals surface area contributed by atoms with Crippen LogP contribution in [0.15, 0.2) is 63.9 Å². The van der Waals surface area contributed by atoms with Crippen LogP contribution >= 0.6 is 23.4 Å². The fourth-order valence-corrected chi connectivity index (χ4v) is 3.77. The Morgan fingerprint density at radius 2 is 1.83 bits per heavy atom.